The normalized spacial score (nSPS) is 42.0. The Hall–Kier alpha value is -1.69. The van der Waals surface area contributed by atoms with Crippen molar-refractivity contribution in [3.8, 4) is 0 Å². The zero-order valence-corrected chi connectivity index (χ0v) is 17.0. The maximum atomic E-state index is 13.5. The van der Waals surface area contributed by atoms with E-state index in [0.717, 1.165) is 37.7 Å². The van der Waals surface area contributed by atoms with E-state index in [0.29, 0.717) is 19.6 Å². The molecular formula is C22H30O6. The predicted molar refractivity (Wildman–Crippen MR) is 100 cm³/mol. The highest BCUT2D eigenvalue weighted by atomic mass is 16.6. The molecule has 0 amide bonds. The molecule has 4 rings (SSSR count). The van der Waals surface area contributed by atoms with Crippen LogP contribution in [0.3, 0.4) is 0 Å². The molecule has 154 valence electrons. The summed E-state index contributed by atoms with van der Waals surface area (Å²) in [6, 6.07) is 0. The summed E-state index contributed by atoms with van der Waals surface area (Å²) in [5.41, 5.74) is -0.279. The van der Waals surface area contributed by atoms with E-state index in [1.807, 2.05) is 0 Å². The van der Waals surface area contributed by atoms with Crippen LogP contribution in [0.4, 0.5) is 0 Å². The van der Waals surface area contributed by atoms with Crippen molar-refractivity contribution in [2.45, 2.75) is 64.9 Å². The molecule has 0 bridgehead atoms. The molecule has 2 saturated carbocycles. The van der Waals surface area contributed by atoms with Crippen molar-refractivity contribution >= 4 is 17.7 Å². The second-order valence-corrected chi connectivity index (χ2v) is 9.42. The highest BCUT2D eigenvalue weighted by Crippen LogP contribution is 2.67. The van der Waals surface area contributed by atoms with E-state index in [4.69, 9.17) is 14.2 Å². The van der Waals surface area contributed by atoms with Gasteiger partial charge >= 0.3 is 11.9 Å². The molecule has 6 heteroatoms. The summed E-state index contributed by atoms with van der Waals surface area (Å²) < 4.78 is 16.5. The van der Waals surface area contributed by atoms with Gasteiger partial charge in [-0.1, -0.05) is 20.3 Å². The van der Waals surface area contributed by atoms with E-state index in [1.165, 1.54) is 6.92 Å². The van der Waals surface area contributed by atoms with Crippen LogP contribution in [0, 0.1) is 22.7 Å². The van der Waals surface area contributed by atoms with Gasteiger partial charge in [0.1, 0.15) is 24.6 Å². The number of carbonyl (C=O) groups is 3. The minimum absolute atomic E-state index is 0.0973. The molecule has 2 heterocycles. The SMILES string of the molecule is CC(=O)OC[C@@]12C(=O)C[C@@H](C)[C@](C)(CCC3=CC(=O)OC3)[C@H]1CCC[C@]21CO1. The first-order valence-electron chi connectivity index (χ1n) is 10.4. The van der Waals surface area contributed by atoms with E-state index in [9.17, 15) is 14.4 Å². The summed E-state index contributed by atoms with van der Waals surface area (Å²) in [4.78, 5) is 36.5. The number of esters is 2. The van der Waals surface area contributed by atoms with E-state index in [1.54, 1.807) is 6.08 Å². The molecule has 0 unspecified atom stereocenters. The third-order valence-electron chi connectivity index (χ3n) is 8.09. The highest BCUT2D eigenvalue weighted by molar-refractivity contribution is 5.89. The summed E-state index contributed by atoms with van der Waals surface area (Å²) >= 11 is 0. The van der Waals surface area contributed by atoms with Crippen molar-refractivity contribution in [2.75, 3.05) is 19.8 Å². The first-order valence-corrected chi connectivity index (χ1v) is 10.4. The van der Waals surface area contributed by atoms with Crippen LogP contribution >= 0.6 is 0 Å². The molecule has 0 radical (unpaired) electrons. The van der Waals surface area contributed by atoms with Gasteiger partial charge in [0.05, 0.1) is 12.0 Å². The van der Waals surface area contributed by atoms with Gasteiger partial charge in [0.15, 0.2) is 0 Å². The molecule has 0 aromatic carbocycles. The number of cyclic esters (lactones) is 1. The lowest BCUT2D eigenvalue weighted by molar-refractivity contribution is -0.182. The zero-order chi connectivity index (χ0) is 20.2. The Morgan fingerprint density at radius 3 is 2.71 bits per heavy atom. The summed E-state index contributed by atoms with van der Waals surface area (Å²) in [5.74, 6) is -0.0957. The number of ether oxygens (including phenoxy) is 3. The van der Waals surface area contributed by atoms with Gasteiger partial charge in [0.2, 0.25) is 0 Å². The lowest BCUT2D eigenvalue weighted by Gasteiger charge is -2.59. The van der Waals surface area contributed by atoms with E-state index in [-0.39, 0.29) is 41.6 Å². The summed E-state index contributed by atoms with van der Waals surface area (Å²) in [5, 5.41) is 0. The minimum atomic E-state index is -0.742. The Morgan fingerprint density at radius 2 is 2.11 bits per heavy atom. The first kappa shape index (κ1) is 19.6. The number of epoxide rings is 1. The Morgan fingerprint density at radius 1 is 1.36 bits per heavy atom. The molecule has 0 aromatic rings. The highest BCUT2D eigenvalue weighted by Gasteiger charge is 2.74. The molecule has 2 aliphatic carbocycles. The Kier molecular flexibility index (Phi) is 4.68. The largest absolute Gasteiger partial charge is 0.465 e. The molecule has 2 aliphatic heterocycles. The van der Waals surface area contributed by atoms with Gasteiger partial charge < -0.3 is 14.2 Å². The van der Waals surface area contributed by atoms with Crippen LogP contribution in [0.15, 0.2) is 11.6 Å². The predicted octanol–water partition coefficient (Wildman–Crippen LogP) is 2.98. The van der Waals surface area contributed by atoms with E-state index in [2.05, 4.69) is 13.8 Å². The molecule has 6 nitrogen and oxygen atoms in total. The van der Waals surface area contributed by atoms with Crippen molar-refractivity contribution < 1.29 is 28.6 Å². The molecule has 1 spiro atoms. The fourth-order valence-electron chi connectivity index (χ4n) is 6.18. The number of ketones is 1. The van der Waals surface area contributed by atoms with Gasteiger partial charge in [0.25, 0.3) is 0 Å². The van der Waals surface area contributed by atoms with Crippen LogP contribution in [-0.4, -0.2) is 43.1 Å². The topological polar surface area (TPSA) is 82.2 Å². The Bertz CT molecular complexity index is 735. The van der Waals surface area contributed by atoms with E-state index >= 15 is 0 Å². The second-order valence-electron chi connectivity index (χ2n) is 9.42. The zero-order valence-electron chi connectivity index (χ0n) is 17.0. The monoisotopic (exact) mass is 390 g/mol. The van der Waals surface area contributed by atoms with Gasteiger partial charge in [0, 0.05) is 19.4 Å². The molecule has 3 fully saturated rings. The van der Waals surface area contributed by atoms with Crippen LogP contribution in [0.25, 0.3) is 0 Å². The minimum Gasteiger partial charge on any atom is -0.465 e. The first-order chi connectivity index (χ1) is 13.2. The molecular weight excluding hydrogens is 360 g/mol. The molecule has 4 aliphatic rings. The summed E-state index contributed by atoms with van der Waals surface area (Å²) in [6.45, 7) is 6.91. The van der Waals surface area contributed by atoms with Crippen molar-refractivity contribution in [1.82, 2.24) is 0 Å². The third kappa shape index (κ3) is 2.83. The molecule has 5 atom stereocenters. The number of hydrogen-bond donors (Lipinski definition) is 0. The van der Waals surface area contributed by atoms with Crippen LogP contribution in [0.2, 0.25) is 0 Å². The standard InChI is InChI=1S/C22H30O6/c1-14-9-18(24)22(13-27-15(2)23)17(5-4-7-21(22)12-28-21)20(14,3)8-6-16-10-19(25)26-11-16/h10,14,17H,4-9,11-13H2,1-3H3/t14-,17-,20+,21+,22+/m1/s1. The van der Waals surface area contributed by atoms with Gasteiger partial charge in [-0.2, -0.15) is 0 Å². The van der Waals surface area contributed by atoms with Gasteiger partial charge in [-0.3, -0.25) is 9.59 Å². The van der Waals surface area contributed by atoms with Crippen LogP contribution in [-0.2, 0) is 28.6 Å². The molecule has 0 N–H and O–H groups in total. The van der Waals surface area contributed by atoms with E-state index < -0.39 is 11.0 Å². The fourth-order valence-corrected chi connectivity index (χ4v) is 6.18. The Labute approximate surface area is 166 Å². The summed E-state index contributed by atoms with van der Waals surface area (Å²) in [6.07, 6.45) is 6.56. The van der Waals surface area contributed by atoms with Crippen molar-refractivity contribution in [3.05, 3.63) is 11.6 Å². The molecule has 1 saturated heterocycles. The quantitative estimate of drug-likeness (QED) is 0.530. The number of Topliss-reactive ketones (excluding diaryl/α,β-unsaturated/α-hetero) is 1. The maximum Gasteiger partial charge on any atom is 0.331 e. The van der Waals surface area contributed by atoms with Crippen LogP contribution in [0.5, 0.6) is 0 Å². The van der Waals surface area contributed by atoms with Gasteiger partial charge in [-0.15, -0.1) is 0 Å². The second kappa shape index (κ2) is 6.68. The average Bonchev–Trinajstić information content (AvgIpc) is 3.29. The van der Waals surface area contributed by atoms with Gasteiger partial charge in [-0.25, -0.2) is 4.79 Å². The lowest BCUT2D eigenvalue weighted by atomic mass is 9.43. The lowest BCUT2D eigenvalue weighted by Crippen LogP contribution is -2.64. The molecule has 0 aromatic heterocycles. The van der Waals surface area contributed by atoms with Gasteiger partial charge in [-0.05, 0) is 48.5 Å². The number of carbonyl (C=O) groups excluding carboxylic acids is 3. The van der Waals surface area contributed by atoms with Crippen LogP contribution in [0.1, 0.15) is 59.3 Å². The average molecular weight is 390 g/mol. The number of hydrogen-bond acceptors (Lipinski definition) is 6. The summed E-state index contributed by atoms with van der Waals surface area (Å²) in [7, 11) is 0. The number of rotatable bonds is 5. The third-order valence-corrected chi connectivity index (χ3v) is 8.09. The van der Waals surface area contributed by atoms with Crippen LogP contribution < -0.4 is 0 Å². The van der Waals surface area contributed by atoms with Crippen molar-refractivity contribution in [3.63, 3.8) is 0 Å². The maximum absolute atomic E-state index is 13.5. The fraction of sp³-hybridized carbons (Fsp3) is 0.773. The molecule has 28 heavy (non-hydrogen) atoms. The van der Waals surface area contributed by atoms with Crippen molar-refractivity contribution in [2.24, 2.45) is 22.7 Å². The number of fused-ring (bicyclic) bond motifs is 2. The Balaban J connectivity index is 1.67. The smallest absolute Gasteiger partial charge is 0.331 e. The van der Waals surface area contributed by atoms with Crippen molar-refractivity contribution in [1.29, 1.82) is 0 Å².